The highest BCUT2D eigenvalue weighted by molar-refractivity contribution is 6.08. The number of hydrogen-bond acceptors (Lipinski definition) is 3. The van der Waals surface area contributed by atoms with Gasteiger partial charge >= 0.3 is 0 Å². The summed E-state index contributed by atoms with van der Waals surface area (Å²) in [6, 6.07) is 8.73. The molecule has 0 aromatic heterocycles. The summed E-state index contributed by atoms with van der Waals surface area (Å²) in [6.07, 6.45) is 0. The Balaban J connectivity index is 2.51. The van der Waals surface area contributed by atoms with Gasteiger partial charge in [0, 0.05) is 0 Å². The maximum atomic E-state index is 12.0. The molecule has 0 bridgehead atoms. The van der Waals surface area contributed by atoms with Crippen molar-refractivity contribution in [2.75, 3.05) is 13.1 Å². The molecular weight excluding hydrogens is 244 g/mol. The van der Waals surface area contributed by atoms with Crippen molar-refractivity contribution in [1.82, 2.24) is 4.90 Å². The van der Waals surface area contributed by atoms with E-state index in [0.29, 0.717) is 13.1 Å². The molecule has 1 aromatic carbocycles. The van der Waals surface area contributed by atoms with Gasteiger partial charge in [0.1, 0.15) is 0 Å². The van der Waals surface area contributed by atoms with Crippen LogP contribution in [0.4, 0.5) is 0 Å². The number of Topliss-reactive ketones (excluding diaryl/α,β-unsaturated/α-hetero) is 1. The van der Waals surface area contributed by atoms with Gasteiger partial charge in [-0.15, -0.1) is 0 Å². The first-order valence-electron chi connectivity index (χ1n) is 6.17. The van der Waals surface area contributed by atoms with E-state index in [1.165, 1.54) is 11.8 Å². The lowest BCUT2D eigenvalue weighted by atomic mass is 9.97. The third-order valence-corrected chi connectivity index (χ3v) is 3.20. The van der Waals surface area contributed by atoms with Gasteiger partial charge in [0.15, 0.2) is 11.5 Å². The van der Waals surface area contributed by atoms with E-state index in [0.717, 1.165) is 5.56 Å². The van der Waals surface area contributed by atoms with Crippen LogP contribution < -0.4 is 5.73 Å². The Morgan fingerprint density at radius 1 is 1.37 bits per heavy atom. The summed E-state index contributed by atoms with van der Waals surface area (Å²) in [5.74, 6) is -1.22. The second-order valence-corrected chi connectivity index (χ2v) is 4.48. The van der Waals surface area contributed by atoms with Crippen LogP contribution in [0.5, 0.6) is 0 Å². The molecule has 100 valence electrons. The van der Waals surface area contributed by atoms with Gasteiger partial charge in [0.25, 0.3) is 5.91 Å². The van der Waals surface area contributed by atoms with Crippen LogP contribution >= 0.6 is 0 Å². The first kappa shape index (κ1) is 13.3. The Kier molecular flexibility index (Phi) is 3.66. The van der Waals surface area contributed by atoms with E-state index in [-0.39, 0.29) is 11.4 Å². The van der Waals surface area contributed by atoms with E-state index in [2.05, 4.69) is 5.73 Å². The molecule has 1 heterocycles. The predicted molar refractivity (Wildman–Crippen MR) is 69.0 cm³/mol. The molecule has 2 rings (SSSR count). The summed E-state index contributed by atoms with van der Waals surface area (Å²) in [4.78, 5) is 25.2. The quantitative estimate of drug-likeness (QED) is 0.812. The normalized spacial score (nSPS) is 19.2. The van der Waals surface area contributed by atoms with Crippen LogP contribution in [0, 0.1) is 0 Å². The fourth-order valence-electron chi connectivity index (χ4n) is 2.40. The van der Waals surface area contributed by atoms with Gasteiger partial charge < -0.3 is 15.7 Å². The Morgan fingerprint density at radius 2 is 2.00 bits per heavy atom. The molecule has 0 aliphatic carbocycles. The smallest absolute Gasteiger partial charge is 0.290 e. The van der Waals surface area contributed by atoms with Crippen LogP contribution in [-0.2, 0) is 9.59 Å². The highest BCUT2D eigenvalue weighted by Crippen LogP contribution is 2.36. The van der Waals surface area contributed by atoms with Crippen molar-refractivity contribution < 1.29 is 20.4 Å². The standard InChI is InChI=1S/C14H16N2O3/c1-9(17)11-12(10-5-3-2-4-6-10)16(8-7-15)14(19)13(11)18/h2-6,12,18H,7-8,15H2,1H3/p+1/t12-/m1/s1. The molecule has 1 aliphatic heterocycles. The Bertz CT molecular complexity index is 537. The van der Waals surface area contributed by atoms with Crippen molar-refractivity contribution in [3.63, 3.8) is 0 Å². The van der Waals surface area contributed by atoms with Crippen molar-refractivity contribution in [1.29, 1.82) is 0 Å². The van der Waals surface area contributed by atoms with Crippen LogP contribution in [0.3, 0.4) is 0 Å². The highest BCUT2D eigenvalue weighted by atomic mass is 16.3. The molecule has 0 spiro atoms. The van der Waals surface area contributed by atoms with Gasteiger partial charge in [0.05, 0.1) is 24.7 Å². The maximum absolute atomic E-state index is 12.0. The zero-order valence-electron chi connectivity index (χ0n) is 10.8. The van der Waals surface area contributed by atoms with Gasteiger partial charge in [-0.2, -0.15) is 0 Å². The Morgan fingerprint density at radius 3 is 2.53 bits per heavy atom. The SMILES string of the molecule is CC(=O)C1=C(O)C(=O)N(CC[NH3+])[C@@H]1c1ccccc1. The molecule has 1 aliphatic rings. The molecule has 1 atom stereocenters. The maximum Gasteiger partial charge on any atom is 0.290 e. The molecule has 19 heavy (non-hydrogen) atoms. The summed E-state index contributed by atoms with van der Waals surface area (Å²) < 4.78 is 0. The molecule has 1 aromatic rings. The van der Waals surface area contributed by atoms with Crippen molar-refractivity contribution in [3.8, 4) is 0 Å². The lowest BCUT2D eigenvalue weighted by Crippen LogP contribution is -2.55. The topological polar surface area (TPSA) is 85.2 Å². The first-order chi connectivity index (χ1) is 9.07. The van der Waals surface area contributed by atoms with Crippen LogP contribution in [0.1, 0.15) is 18.5 Å². The molecule has 0 unspecified atom stereocenters. The minimum absolute atomic E-state index is 0.171. The molecule has 0 saturated heterocycles. The van der Waals surface area contributed by atoms with Crippen molar-refractivity contribution >= 4 is 11.7 Å². The Labute approximate surface area is 111 Å². The monoisotopic (exact) mass is 261 g/mol. The average Bonchev–Trinajstić information content (AvgIpc) is 2.65. The zero-order chi connectivity index (χ0) is 14.0. The van der Waals surface area contributed by atoms with Gasteiger partial charge in [0.2, 0.25) is 0 Å². The third kappa shape index (κ3) is 2.24. The third-order valence-electron chi connectivity index (χ3n) is 3.20. The largest absolute Gasteiger partial charge is 0.503 e. The van der Waals surface area contributed by atoms with E-state index < -0.39 is 17.7 Å². The fourth-order valence-corrected chi connectivity index (χ4v) is 2.40. The van der Waals surface area contributed by atoms with Gasteiger partial charge in [-0.1, -0.05) is 30.3 Å². The number of quaternary nitrogens is 1. The van der Waals surface area contributed by atoms with E-state index >= 15 is 0 Å². The second-order valence-electron chi connectivity index (χ2n) is 4.48. The molecule has 0 fully saturated rings. The molecule has 1 amide bonds. The van der Waals surface area contributed by atoms with Gasteiger partial charge in [-0.3, -0.25) is 9.59 Å². The van der Waals surface area contributed by atoms with Crippen LogP contribution in [0.2, 0.25) is 0 Å². The molecule has 0 radical (unpaired) electrons. The predicted octanol–water partition coefficient (Wildman–Crippen LogP) is 0.213. The number of aliphatic hydroxyl groups excluding tert-OH is 1. The van der Waals surface area contributed by atoms with Crippen molar-refractivity contribution in [3.05, 3.63) is 47.2 Å². The zero-order valence-corrected chi connectivity index (χ0v) is 10.8. The summed E-state index contributed by atoms with van der Waals surface area (Å²) in [5, 5.41) is 9.90. The number of nitrogens with zero attached hydrogens (tertiary/aromatic N) is 1. The van der Waals surface area contributed by atoms with E-state index in [1.807, 2.05) is 30.3 Å². The van der Waals surface area contributed by atoms with E-state index in [9.17, 15) is 14.7 Å². The number of aliphatic hydroxyl groups is 1. The summed E-state index contributed by atoms with van der Waals surface area (Å²) >= 11 is 0. The second kappa shape index (κ2) is 5.24. The number of carbonyl (C=O) groups is 2. The van der Waals surface area contributed by atoms with E-state index in [4.69, 9.17) is 0 Å². The van der Waals surface area contributed by atoms with Crippen molar-refractivity contribution in [2.24, 2.45) is 0 Å². The molecule has 5 heteroatoms. The summed E-state index contributed by atoms with van der Waals surface area (Å²) in [6.45, 7) is 2.29. The number of benzene rings is 1. The number of ketones is 1. The molecule has 4 N–H and O–H groups in total. The van der Waals surface area contributed by atoms with Crippen LogP contribution in [0.25, 0.3) is 0 Å². The number of amides is 1. The number of carbonyl (C=O) groups excluding carboxylic acids is 2. The minimum Gasteiger partial charge on any atom is -0.503 e. The molecular formula is C14H17N2O3+. The Hall–Kier alpha value is -2.14. The lowest BCUT2D eigenvalue weighted by molar-refractivity contribution is -0.368. The number of rotatable bonds is 4. The minimum atomic E-state index is -0.507. The van der Waals surface area contributed by atoms with E-state index in [1.54, 1.807) is 0 Å². The fraction of sp³-hybridized carbons (Fsp3) is 0.286. The summed E-state index contributed by atoms with van der Waals surface area (Å²) in [7, 11) is 0. The molecule has 5 nitrogen and oxygen atoms in total. The van der Waals surface area contributed by atoms with Crippen LogP contribution in [0.15, 0.2) is 41.7 Å². The first-order valence-corrected chi connectivity index (χ1v) is 6.17. The van der Waals surface area contributed by atoms with Crippen LogP contribution in [-0.4, -0.2) is 34.8 Å². The lowest BCUT2D eigenvalue weighted by Gasteiger charge is -2.25. The van der Waals surface area contributed by atoms with Crippen molar-refractivity contribution in [2.45, 2.75) is 13.0 Å². The number of hydrogen-bond donors (Lipinski definition) is 2. The van der Waals surface area contributed by atoms with Gasteiger partial charge in [-0.05, 0) is 12.5 Å². The van der Waals surface area contributed by atoms with Gasteiger partial charge in [-0.25, -0.2) is 0 Å². The average molecular weight is 261 g/mol. The highest BCUT2D eigenvalue weighted by Gasteiger charge is 2.41. The molecule has 0 saturated carbocycles. The summed E-state index contributed by atoms with van der Waals surface area (Å²) in [5.41, 5.74) is 4.72.